The summed E-state index contributed by atoms with van der Waals surface area (Å²) in [6.45, 7) is 13.9. The Morgan fingerprint density at radius 2 is 0.938 bits per heavy atom. The SMILES string of the molecule is CC(C)COC(=O)CCCCCCCCCCCCC(CCC(=O)OCC(C)C)C(C)C. The van der Waals surface area contributed by atoms with Crippen LogP contribution in [0, 0.1) is 23.7 Å². The largest absolute Gasteiger partial charge is 0.465 e. The average molecular weight is 455 g/mol. The van der Waals surface area contributed by atoms with Gasteiger partial charge in [-0.25, -0.2) is 0 Å². The summed E-state index contributed by atoms with van der Waals surface area (Å²) in [5.74, 6) is 2.01. The molecular weight excluding hydrogens is 400 g/mol. The Hall–Kier alpha value is -1.06. The van der Waals surface area contributed by atoms with E-state index in [0.29, 0.717) is 49.7 Å². The molecular formula is C28H54O4. The Labute approximate surface area is 199 Å². The normalized spacial score (nSPS) is 12.5. The molecule has 0 bridgehead atoms. The number of unbranched alkanes of at least 4 members (excludes halogenated alkanes) is 9. The number of carbonyl (C=O) groups is 2. The quantitative estimate of drug-likeness (QED) is 0.130. The molecule has 4 nitrogen and oxygen atoms in total. The van der Waals surface area contributed by atoms with Gasteiger partial charge in [0.1, 0.15) is 0 Å². The van der Waals surface area contributed by atoms with Crippen molar-refractivity contribution in [2.45, 2.75) is 131 Å². The Balaban J connectivity index is 3.56. The second-order valence-electron chi connectivity index (χ2n) is 10.8. The molecule has 0 aliphatic heterocycles. The number of carbonyl (C=O) groups excluding carboxylic acids is 2. The van der Waals surface area contributed by atoms with Crippen molar-refractivity contribution in [2.75, 3.05) is 13.2 Å². The van der Waals surface area contributed by atoms with Gasteiger partial charge in [-0.2, -0.15) is 0 Å². The Morgan fingerprint density at radius 3 is 1.38 bits per heavy atom. The molecule has 1 atom stereocenters. The van der Waals surface area contributed by atoms with E-state index in [0.717, 1.165) is 19.3 Å². The number of esters is 2. The second-order valence-corrected chi connectivity index (χ2v) is 10.8. The van der Waals surface area contributed by atoms with Crippen LogP contribution in [0.2, 0.25) is 0 Å². The average Bonchev–Trinajstić information content (AvgIpc) is 2.73. The van der Waals surface area contributed by atoms with Crippen LogP contribution in [0.4, 0.5) is 0 Å². The zero-order chi connectivity index (χ0) is 24.2. The highest BCUT2D eigenvalue weighted by molar-refractivity contribution is 5.69. The molecule has 0 aliphatic rings. The van der Waals surface area contributed by atoms with Gasteiger partial charge in [-0.15, -0.1) is 0 Å². The fourth-order valence-corrected chi connectivity index (χ4v) is 3.87. The van der Waals surface area contributed by atoms with Crippen LogP contribution in [0.15, 0.2) is 0 Å². The molecule has 0 radical (unpaired) electrons. The van der Waals surface area contributed by atoms with Crippen molar-refractivity contribution in [3.05, 3.63) is 0 Å². The van der Waals surface area contributed by atoms with E-state index in [1.165, 1.54) is 57.8 Å². The van der Waals surface area contributed by atoms with Gasteiger partial charge >= 0.3 is 11.9 Å². The van der Waals surface area contributed by atoms with E-state index in [1.807, 2.05) is 0 Å². The van der Waals surface area contributed by atoms with Crippen molar-refractivity contribution in [3.63, 3.8) is 0 Å². The van der Waals surface area contributed by atoms with E-state index in [2.05, 4.69) is 41.5 Å². The van der Waals surface area contributed by atoms with Crippen LogP contribution in [-0.2, 0) is 19.1 Å². The van der Waals surface area contributed by atoms with Crippen molar-refractivity contribution in [2.24, 2.45) is 23.7 Å². The van der Waals surface area contributed by atoms with Crippen molar-refractivity contribution >= 4 is 11.9 Å². The Bertz CT molecular complexity index is 456. The minimum absolute atomic E-state index is 0.0320. The maximum Gasteiger partial charge on any atom is 0.305 e. The molecule has 1 unspecified atom stereocenters. The van der Waals surface area contributed by atoms with Gasteiger partial charge < -0.3 is 9.47 Å². The van der Waals surface area contributed by atoms with E-state index >= 15 is 0 Å². The Morgan fingerprint density at radius 1 is 0.531 bits per heavy atom. The summed E-state index contributed by atoms with van der Waals surface area (Å²) in [4.78, 5) is 23.4. The molecule has 0 fully saturated rings. The molecule has 0 aromatic rings. The first-order valence-electron chi connectivity index (χ1n) is 13.5. The summed E-state index contributed by atoms with van der Waals surface area (Å²) in [6.07, 6.45) is 15.8. The van der Waals surface area contributed by atoms with E-state index in [-0.39, 0.29) is 11.9 Å². The van der Waals surface area contributed by atoms with E-state index in [4.69, 9.17) is 9.47 Å². The van der Waals surface area contributed by atoms with Crippen molar-refractivity contribution in [1.29, 1.82) is 0 Å². The summed E-state index contributed by atoms with van der Waals surface area (Å²) >= 11 is 0. The zero-order valence-electron chi connectivity index (χ0n) is 22.3. The minimum atomic E-state index is -0.0375. The molecule has 0 spiro atoms. The van der Waals surface area contributed by atoms with Gasteiger partial charge in [0, 0.05) is 12.8 Å². The second kappa shape index (κ2) is 20.5. The Kier molecular flexibility index (Phi) is 19.9. The van der Waals surface area contributed by atoms with Crippen LogP contribution in [0.3, 0.4) is 0 Å². The van der Waals surface area contributed by atoms with Gasteiger partial charge in [0.05, 0.1) is 13.2 Å². The predicted molar refractivity (Wildman–Crippen MR) is 135 cm³/mol. The fourth-order valence-electron chi connectivity index (χ4n) is 3.87. The molecule has 0 amide bonds. The fraction of sp³-hybridized carbons (Fsp3) is 0.929. The molecule has 0 aromatic heterocycles. The summed E-state index contributed by atoms with van der Waals surface area (Å²) in [5.41, 5.74) is 0. The lowest BCUT2D eigenvalue weighted by atomic mass is 9.86. The summed E-state index contributed by atoms with van der Waals surface area (Å²) in [5, 5.41) is 0. The maximum atomic E-state index is 11.9. The first-order chi connectivity index (χ1) is 15.2. The van der Waals surface area contributed by atoms with E-state index in [9.17, 15) is 9.59 Å². The van der Waals surface area contributed by atoms with Crippen molar-refractivity contribution in [3.8, 4) is 0 Å². The number of hydrogen-bond donors (Lipinski definition) is 0. The van der Waals surface area contributed by atoms with E-state index in [1.54, 1.807) is 0 Å². The smallest absolute Gasteiger partial charge is 0.305 e. The first-order valence-corrected chi connectivity index (χ1v) is 13.5. The minimum Gasteiger partial charge on any atom is -0.465 e. The summed E-state index contributed by atoms with van der Waals surface area (Å²) < 4.78 is 10.5. The van der Waals surface area contributed by atoms with Crippen LogP contribution < -0.4 is 0 Å². The lowest BCUT2D eigenvalue weighted by Crippen LogP contribution is -2.14. The number of ether oxygens (including phenoxy) is 2. The molecule has 0 saturated heterocycles. The van der Waals surface area contributed by atoms with Crippen LogP contribution >= 0.6 is 0 Å². The molecule has 4 heteroatoms. The van der Waals surface area contributed by atoms with Crippen LogP contribution in [-0.4, -0.2) is 25.2 Å². The summed E-state index contributed by atoms with van der Waals surface area (Å²) in [7, 11) is 0. The number of rotatable bonds is 21. The maximum absolute atomic E-state index is 11.9. The van der Waals surface area contributed by atoms with Crippen molar-refractivity contribution in [1.82, 2.24) is 0 Å². The first kappa shape index (κ1) is 30.9. The number of hydrogen-bond acceptors (Lipinski definition) is 4. The lowest BCUT2D eigenvalue weighted by molar-refractivity contribution is -0.145. The van der Waals surface area contributed by atoms with Crippen LogP contribution in [0.1, 0.15) is 131 Å². The van der Waals surface area contributed by atoms with E-state index < -0.39 is 0 Å². The molecule has 0 aliphatic carbocycles. The van der Waals surface area contributed by atoms with Gasteiger partial charge in [-0.3, -0.25) is 9.59 Å². The standard InChI is InChI=1S/C28H54O4/c1-23(2)21-31-27(29)18-16-14-12-10-8-7-9-11-13-15-17-26(25(5)6)19-20-28(30)32-22-24(3)4/h23-26H,7-22H2,1-6H3. The third-order valence-corrected chi connectivity index (χ3v) is 6.02. The van der Waals surface area contributed by atoms with Gasteiger partial charge in [0.2, 0.25) is 0 Å². The van der Waals surface area contributed by atoms with Gasteiger partial charge in [-0.1, -0.05) is 106 Å². The summed E-state index contributed by atoms with van der Waals surface area (Å²) in [6, 6.07) is 0. The molecule has 190 valence electrons. The highest BCUT2D eigenvalue weighted by Crippen LogP contribution is 2.24. The van der Waals surface area contributed by atoms with Crippen LogP contribution in [0.5, 0.6) is 0 Å². The van der Waals surface area contributed by atoms with Crippen LogP contribution in [0.25, 0.3) is 0 Å². The molecule has 0 rings (SSSR count). The molecule has 32 heavy (non-hydrogen) atoms. The third kappa shape index (κ3) is 20.8. The molecule has 0 N–H and O–H groups in total. The van der Waals surface area contributed by atoms with Gasteiger partial charge in [0.25, 0.3) is 0 Å². The van der Waals surface area contributed by atoms with Gasteiger partial charge in [-0.05, 0) is 36.5 Å². The zero-order valence-corrected chi connectivity index (χ0v) is 22.3. The topological polar surface area (TPSA) is 52.6 Å². The van der Waals surface area contributed by atoms with Gasteiger partial charge in [0.15, 0.2) is 0 Å². The predicted octanol–water partition coefficient (Wildman–Crippen LogP) is 8.12. The molecule has 0 heterocycles. The monoisotopic (exact) mass is 454 g/mol. The van der Waals surface area contributed by atoms with Crippen molar-refractivity contribution < 1.29 is 19.1 Å². The molecule has 0 saturated carbocycles. The molecule has 0 aromatic carbocycles. The highest BCUT2D eigenvalue weighted by Gasteiger charge is 2.15. The lowest BCUT2D eigenvalue weighted by Gasteiger charge is -2.20. The highest BCUT2D eigenvalue weighted by atomic mass is 16.5. The third-order valence-electron chi connectivity index (χ3n) is 6.02.